The number of imidazole rings is 1. The van der Waals surface area contributed by atoms with E-state index in [0.717, 1.165) is 37.3 Å². The van der Waals surface area contributed by atoms with Gasteiger partial charge in [0.05, 0.1) is 28.1 Å². The lowest BCUT2D eigenvalue weighted by atomic mass is 10.0. The summed E-state index contributed by atoms with van der Waals surface area (Å²) < 4.78 is 0. The van der Waals surface area contributed by atoms with Crippen molar-refractivity contribution in [2.24, 2.45) is 0 Å². The summed E-state index contributed by atoms with van der Waals surface area (Å²) in [5, 5.41) is 0.00461. The van der Waals surface area contributed by atoms with Crippen molar-refractivity contribution in [1.29, 1.82) is 0 Å². The number of thioether (sulfide) groups is 1. The van der Waals surface area contributed by atoms with Crippen LogP contribution in [0.1, 0.15) is 42.9 Å². The van der Waals surface area contributed by atoms with Gasteiger partial charge in [0.15, 0.2) is 0 Å². The molecule has 3 heterocycles. The van der Waals surface area contributed by atoms with Gasteiger partial charge in [-0.2, -0.15) is 11.8 Å². The Hall–Kier alpha value is -1.27. The normalized spacial score (nSPS) is 19.8. The molecule has 2 aromatic heterocycles. The second-order valence-corrected chi connectivity index (χ2v) is 8.48. The number of rotatable bonds is 4. The van der Waals surface area contributed by atoms with E-state index in [1.165, 1.54) is 9.75 Å². The van der Waals surface area contributed by atoms with E-state index in [4.69, 9.17) is 0 Å². The lowest BCUT2D eigenvalue weighted by Gasteiger charge is -2.36. The Bertz CT molecular complexity index is 679. The number of thiophene rings is 1. The third-order valence-corrected chi connectivity index (χ3v) is 6.35. The van der Waals surface area contributed by atoms with Crippen molar-refractivity contribution in [3.05, 3.63) is 29.0 Å². The zero-order chi connectivity index (χ0) is 16.4. The van der Waals surface area contributed by atoms with Crippen molar-refractivity contribution >= 4 is 29.0 Å². The van der Waals surface area contributed by atoms with E-state index in [9.17, 15) is 4.79 Å². The Morgan fingerprint density at radius 2 is 2.30 bits per heavy atom. The Kier molecular flexibility index (Phi) is 5.11. The molecule has 6 heteroatoms. The van der Waals surface area contributed by atoms with Gasteiger partial charge in [-0.05, 0) is 51.5 Å². The number of carbonyl (C=O) groups excluding carboxylic acids is 1. The second kappa shape index (κ2) is 7.09. The minimum absolute atomic E-state index is 0.00461. The molecule has 1 aliphatic rings. The summed E-state index contributed by atoms with van der Waals surface area (Å²) in [6.07, 6.45) is 7.11. The number of piperidine rings is 1. The highest BCUT2D eigenvalue weighted by molar-refractivity contribution is 7.99. The van der Waals surface area contributed by atoms with Crippen molar-refractivity contribution in [2.75, 3.05) is 12.8 Å². The molecule has 3 rings (SSSR count). The monoisotopic (exact) mass is 349 g/mol. The van der Waals surface area contributed by atoms with Gasteiger partial charge in [0.25, 0.3) is 0 Å². The quantitative estimate of drug-likeness (QED) is 0.897. The second-order valence-electron chi connectivity index (χ2n) is 6.01. The van der Waals surface area contributed by atoms with Crippen LogP contribution in [0.3, 0.4) is 0 Å². The van der Waals surface area contributed by atoms with Gasteiger partial charge in [0, 0.05) is 11.4 Å². The van der Waals surface area contributed by atoms with Crippen LogP contribution in [0.25, 0.3) is 10.6 Å². The number of nitrogens with one attached hydrogen (secondary N) is 1. The predicted octanol–water partition coefficient (Wildman–Crippen LogP) is 4.25. The SMILES string of the molecule is CSC(C)C(=O)N1CCCCC1c1ncc(-c2ccc(C)s2)[nH]1. The standard InChI is InChI=1S/C17H23N3OS2/c1-11-7-8-15(23-11)13-10-18-16(19-13)14-6-4-5-9-20(14)17(21)12(2)22-3/h7-8,10,12,14H,4-6,9H2,1-3H3,(H,18,19). The lowest BCUT2D eigenvalue weighted by molar-refractivity contribution is -0.134. The molecule has 0 spiro atoms. The van der Waals surface area contributed by atoms with Gasteiger partial charge in [-0.15, -0.1) is 11.3 Å². The Labute approximate surface area is 145 Å². The van der Waals surface area contributed by atoms with E-state index in [1.54, 1.807) is 23.1 Å². The van der Waals surface area contributed by atoms with E-state index in [1.807, 2.05) is 24.3 Å². The first kappa shape index (κ1) is 16.6. The summed E-state index contributed by atoms with van der Waals surface area (Å²) in [4.78, 5) is 25.2. The number of H-pyrrole nitrogens is 1. The molecule has 2 aromatic rings. The Morgan fingerprint density at radius 1 is 1.48 bits per heavy atom. The number of aromatic nitrogens is 2. The maximum Gasteiger partial charge on any atom is 0.236 e. The van der Waals surface area contributed by atoms with Crippen LogP contribution in [0.15, 0.2) is 18.3 Å². The van der Waals surface area contributed by atoms with Crippen LogP contribution >= 0.6 is 23.1 Å². The molecule has 2 unspecified atom stereocenters. The summed E-state index contributed by atoms with van der Waals surface area (Å²) >= 11 is 3.37. The molecule has 1 amide bonds. The van der Waals surface area contributed by atoms with Gasteiger partial charge >= 0.3 is 0 Å². The topological polar surface area (TPSA) is 49.0 Å². The van der Waals surface area contributed by atoms with Crippen LogP contribution in [0, 0.1) is 6.92 Å². The highest BCUT2D eigenvalue weighted by atomic mass is 32.2. The number of likely N-dealkylation sites (tertiary alicyclic amines) is 1. The average Bonchev–Trinajstić information content (AvgIpc) is 3.22. The highest BCUT2D eigenvalue weighted by Crippen LogP contribution is 2.33. The molecule has 1 fully saturated rings. The maximum atomic E-state index is 12.7. The first-order valence-electron chi connectivity index (χ1n) is 8.05. The summed E-state index contributed by atoms with van der Waals surface area (Å²) in [6, 6.07) is 4.33. The molecule has 1 N–H and O–H groups in total. The summed E-state index contributed by atoms with van der Waals surface area (Å²) in [6.45, 7) is 4.93. The zero-order valence-electron chi connectivity index (χ0n) is 13.8. The van der Waals surface area contributed by atoms with Crippen LogP contribution in [-0.2, 0) is 4.79 Å². The summed E-state index contributed by atoms with van der Waals surface area (Å²) in [7, 11) is 0. The van der Waals surface area contributed by atoms with Crippen LogP contribution in [-0.4, -0.2) is 38.8 Å². The minimum atomic E-state index is 0.00461. The fraction of sp³-hybridized carbons (Fsp3) is 0.529. The van der Waals surface area contributed by atoms with E-state index in [-0.39, 0.29) is 17.2 Å². The Morgan fingerprint density at radius 3 is 3.00 bits per heavy atom. The fourth-order valence-corrected chi connectivity index (χ4v) is 4.19. The van der Waals surface area contributed by atoms with Crippen LogP contribution in [0.4, 0.5) is 0 Å². The molecular formula is C17H23N3OS2. The molecule has 4 nitrogen and oxygen atoms in total. The first-order chi connectivity index (χ1) is 11.1. The molecule has 0 radical (unpaired) electrons. The first-order valence-corrected chi connectivity index (χ1v) is 10.2. The van der Waals surface area contributed by atoms with Gasteiger partial charge in [-0.25, -0.2) is 4.98 Å². The average molecular weight is 350 g/mol. The van der Waals surface area contributed by atoms with Gasteiger partial charge in [0.2, 0.25) is 5.91 Å². The summed E-state index contributed by atoms with van der Waals surface area (Å²) in [5.41, 5.74) is 1.05. The number of amides is 1. The van der Waals surface area contributed by atoms with Crippen LogP contribution < -0.4 is 0 Å². The molecular weight excluding hydrogens is 326 g/mol. The fourth-order valence-electron chi connectivity index (χ4n) is 3.02. The molecule has 0 aromatic carbocycles. The van der Waals surface area contributed by atoms with E-state index >= 15 is 0 Å². The van der Waals surface area contributed by atoms with Gasteiger partial charge in [0.1, 0.15) is 5.82 Å². The van der Waals surface area contributed by atoms with E-state index in [0.29, 0.717) is 0 Å². The van der Waals surface area contributed by atoms with Gasteiger partial charge in [-0.3, -0.25) is 4.79 Å². The number of hydrogen-bond acceptors (Lipinski definition) is 4. The Balaban J connectivity index is 1.83. The lowest BCUT2D eigenvalue weighted by Crippen LogP contribution is -2.42. The number of aromatic amines is 1. The molecule has 2 atom stereocenters. The molecule has 23 heavy (non-hydrogen) atoms. The van der Waals surface area contributed by atoms with Crippen LogP contribution in [0.5, 0.6) is 0 Å². The highest BCUT2D eigenvalue weighted by Gasteiger charge is 2.32. The summed E-state index contributed by atoms with van der Waals surface area (Å²) in [5.74, 6) is 1.15. The third-order valence-electron chi connectivity index (χ3n) is 4.40. The van der Waals surface area contributed by atoms with E-state index < -0.39 is 0 Å². The van der Waals surface area contributed by atoms with Crippen molar-refractivity contribution in [1.82, 2.24) is 14.9 Å². The van der Waals surface area contributed by atoms with Crippen molar-refractivity contribution in [3.8, 4) is 10.6 Å². The zero-order valence-corrected chi connectivity index (χ0v) is 15.5. The van der Waals surface area contributed by atoms with Crippen molar-refractivity contribution in [3.63, 3.8) is 0 Å². The largest absolute Gasteiger partial charge is 0.340 e. The molecule has 0 saturated carbocycles. The van der Waals surface area contributed by atoms with Gasteiger partial charge in [-0.1, -0.05) is 0 Å². The number of carbonyl (C=O) groups is 1. The molecule has 1 saturated heterocycles. The minimum Gasteiger partial charge on any atom is -0.340 e. The molecule has 0 bridgehead atoms. The number of nitrogens with zero attached hydrogens (tertiary/aromatic N) is 2. The molecule has 124 valence electrons. The number of aryl methyl sites for hydroxylation is 1. The van der Waals surface area contributed by atoms with Crippen LogP contribution in [0.2, 0.25) is 0 Å². The number of hydrogen-bond donors (Lipinski definition) is 1. The molecule has 1 aliphatic heterocycles. The van der Waals surface area contributed by atoms with Crippen molar-refractivity contribution in [2.45, 2.75) is 44.4 Å². The van der Waals surface area contributed by atoms with Crippen molar-refractivity contribution < 1.29 is 4.79 Å². The van der Waals surface area contributed by atoms with Gasteiger partial charge < -0.3 is 9.88 Å². The van der Waals surface area contributed by atoms with E-state index in [2.05, 4.69) is 29.0 Å². The molecule has 0 aliphatic carbocycles. The maximum absolute atomic E-state index is 12.7. The third kappa shape index (κ3) is 3.48. The smallest absolute Gasteiger partial charge is 0.236 e. The predicted molar refractivity (Wildman–Crippen MR) is 97.9 cm³/mol.